The number of para-hydroxylation sites is 2. The Morgan fingerprint density at radius 2 is 1.82 bits per heavy atom. The minimum atomic E-state index is -0.159. The van der Waals surface area contributed by atoms with Crippen LogP contribution in [0.15, 0.2) is 78.0 Å². The largest absolute Gasteiger partial charge is 0.424 e. The van der Waals surface area contributed by atoms with Gasteiger partial charge in [0.25, 0.3) is 0 Å². The van der Waals surface area contributed by atoms with E-state index in [2.05, 4.69) is 35.6 Å². The molecule has 1 saturated heterocycles. The normalized spacial score (nSPS) is 22.5. The molecule has 38 heavy (non-hydrogen) atoms. The van der Waals surface area contributed by atoms with E-state index in [0.29, 0.717) is 6.54 Å². The molecule has 6 nitrogen and oxygen atoms in total. The zero-order valence-corrected chi connectivity index (χ0v) is 22.7. The van der Waals surface area contributed by atoms with Gasteiger partial charge >= 0.3 is 11.9 Å². The van der Waals surface area contributed by atoms with E-state index in [0.717, 1.165) is 53.0 Å². The van der Waals surface area contributed by atoms with Crippen LogP contribution in [0.25, 0.3) is 22.2 Å². The van der Waals surface area contributed by atoms with Crippen molar-refractivity contribution >= 4 is 34.7 Å². The molecule has 7 heteroatoms. The number of rotatable bonds is 5. The SMILES string of the molecule is C[C@@H]1CCC[N+]1(C(=O)CSc1nc2ccccc2n1C)C(=O)NC1CCc2ccc(-c3ccccc3)cc21. The zero-order valence-electron chi connectivity index (χ0n) is 21.9. The van der Waals surface area contributed by atoms with Crippen LogP contribution in [0.1, 0.15) is 43.4 Å². The van der Waals surface area contributed by atoms with Gasteiger partial charge in [-0.1, -0.05) is 66.4 Å². The number of hydrogen-bond acceptors (Lipinski definition) is 4. The summed E-state index contributed by atoms with van der Waals surface area (Å²) in [6.07, 6.45) is 3.53. The highest BCUT2D eigenvalue weighted by atomic mass is 32.2. The summed E-state index contributed by atoms with van der Waals surface area (Å²) in [7, 11) is 1.97. The maximum atomic E-state index is 14.0. The molecule has 1 aromatic heterocycles. The molecular weight excluding hydrogens is 492 g/mol. The molecule has 1 aliphatic heterocycles. The molecule has 0 spiro atoms. The maximum absolute atomic E-state index is 14.0. The molecule has 2 unspecified atom stereocenters. The highest BCUT2D eigenvalue weighted by Gasteiger charge is 2.52. The van der Waals surface area contributed by atoms with Crippen LogP contribution in [0.4, 0.5) is 4.79 Å². The van der Waals surface area contributed by atoms with Gasteiger partial charge in [0, 0.05) is 19.9 Å². The zero-order chi connectivity index (χ0) is 26.3. The van der Waals surface area contributed by atoms with E-state index in [9.17, 15) is 9.59 Å². The Bertz CT molecular complexity index is 1520. The van der Waals surface area contributed by atoms with E-state index in [-0.39, 0.29) is 34.3 Å². The smallest absolute Gasteiger partial charge is 0.322 e. The number of aryl methyl sites for hydroxylation is 2. The van der Waals surface area contributed by atoms with Gasteiger partial charge in [-0.2, -0.15) is 4.48 Å². The van der Waals surface area contributed by atoms with Crippen molar-refractivity contribution in [2.75, 3.05) is 12.3 Å². The highest BCUT2D eigenvalue weighted by Crippen LogP contribution is 2.37. The first kappa shape index (κ1) is 24.9. The van der Waals surface area contributed by atoms with Crippen LogP contribution in [0.2, 0.25) is 0 Å². The third-order valence-electron chi connectivity index (χ3n) is 8.39. The summed E-state index contributed by atoms with van der Waals surface area (Å²) in [6.45, 7) is 2.60. The first-order chi connectivity index (χ1) is 18.5. The predicted octanol–water partition coefficient (Wildman–Crippen LogP) is 6.26. The van der Waals surface area contributed by atoms with Crippen LogP contribution in [0.5, 0.6) is 0 Å². The number of hydrogen-bond donors (Lipinski definition) is 1. The molecule has 2 heterocycles. The van der Waals surface area contributed by atoms with Crippen molar-refractivity contribution in [3.8, 4) is 11.1 Å². The number of likely N-dealkylation sites (tertiary alicyclic amines) is 1. The second-order valence-corrected chi connectivity index (χ2v) is 11.5. The van der Waals surface area contributed by atoms with Crippen LogP contribution >= 0.6 is 11.8 Å². The summed E-state index contributed by atoms with van der Waals surface area (Å²) < 4.78 is 1.89. The Morgan fingerprint density at radius 1 is 1.03 bits per heavy atom. The van der Waals surface area contributed by atoms with E-state index >= 15 is 0 Å². The van der Waals surface area contributed by atoms with Gasteiger partial charge in [0.15, 0.2) is 5.16 Å². The number of carbonyl (C=O) groups is 2. The summed E-state index contributed by atoms with van der Waals surface area (Å²) in [5.74, 6) is 0.176. The summed E-state index contributed by atoms with van der Waals surface area (Å²) in [4.78, 5) is 32.5. The Morgan fingerprint density at radius 3 is 2.58 bits per heavy atom. The Balaban J connectivity index is 1.22. The van der Waals surface area contributed by atoms with E-state index in [1.165, 1.54) is 22.9 Å². The fourth-order valence-corrected chi connectivity index (χ4v) is 7.12. The molecule has 0 radical (unpaired) electrons. The van der Waals surface area contributed by atoms with Gasteiger partial charge in [0.1, 0.15) is 11.8 Å². The number of imidazole rings is 1. The number of amides is 3. The average Bonchev–Trinajstić information content (AvgIpc) is 3.63. The van der Waals surface area contributed by atoms with Crippen LogP contribution in [-0.4, -0.2) is 44.3 Å². The van der Waals surface area contributed by atoms with Gasteiger partial charge in [0.2, 0.25) is 0 Å². The van der Waals surface area contributed by atoms with E-state index in [1.54, 1.807) is 0 Å². The van der Waals surface area contributed by atoms with Crippen LogP contribution in [-0.2, 0) is 18.3 Å². The molecule has 3 aromatic carbocycles. The molecule has 1 aliphatic carbocycles. The van der Waals surface area contributed by atoms with E-state index in [1.807, 2.05) is 61.0 Å². The molecule has 4 aromatic rings. The van der Waals surface area contributed by atoms with Crippen LogP contribution in [0.3, 0.4) is 0 Å². The lowest BCUT2D eigenvalue weighted by Crippen LogP contribution is -2.63. The van der Waals surface area contributed by atoms with Gasteiger partial charge < -0.3 is 4.57 Å². The van der Waals surface area contributed by atoms with Crippen molar-refractivity contribution in [1.82, 2.24) is 14.9 Å². The second-order valence-electron chi connectivity index (χ2n) is 10.5. The van der Waals surface area contributed by atoms with Crippen LogP contribution < -0.4 is 5.32 Å². The van der Waals surface area contributed by atoms with Crippen molar-refractivity contribution in [2.24, 2.45) is 7.05 Å². The van der Waals surface area contributed by atoms with Crippen molar-refractivity contribution in [3.05, 3.63) is 83.9 Å². The molecule has 3 amide bonds. The van der Waals surface area contributed by atoms with Gasteiger partial charge in [-0.3, -0.25) is 5.32 Å². The van der Waals surface area contributed by atoms with Gasteiger partial charge in [-0.05, 0) is 60.2 Å². The minimum absolute atomic E-state index is 0.0409. The predicted molar refractivity (Wildman–Crippen MR) is 152 cm³/mol. The molecule has 6 rings (SSSR count). The minimum Gasteiger partial charge on any atom is -0.322 e. The molecule has 0 saturated carbocycles. The highest BCUT2D eigenvalue weighted by molar-refractivity contribution is 7.99. The number of nitrogens with one attached hydrogen (secondary N) is 1. The summed E-state index contributed by atoms with van der Waals surface area (Å²) in [5.41, 5.74) is 6.72. The van der Waals surface area contributed by atoms with Crippen molar-refractivity contribution < 1.29 is 14.1 Å². The first-order valence-electron chi connectivity index (χ1n) is 13.4. The topological polar surface area (TPSA) is 64.0 Å². The molecule has 3 atom stereocenters. The third-order valence-corrected chi connectivity index (χ3v) is 9.41. The fraction of sp³-hybridized carbons (Fsp3) is 0.323. The number of imide groups is 1. The van der Waals surface area contributed by atoms with E-state index < -0.39 is 0 Å². The number of aromatic nitrogens is 2. The third kappa shape index (κ3) is 4.24. The lowest BCUT2D eigenvalue weighted by atomic mass is 9.99. The number of benzene rings is 3. The number of urea groups is 1. The van der Waals surface area contributed by atoms with Crippen molar-refractivity contribution in [3.63, 3.8) is 0 Å². The number of nitrogens with zero attached hydrogens (tertiary/aromatic N) is 3. The maximum Gasteiger partial charge on any atom is 0.424 e. The first-order valence-corrected chi connectivity index (χ1v) is 14.4. The summed E-state index contributed by atoms with van der Waals surface area (Å²) in [6, 6.07) is 24.6. The molecule has 194 valence electrons. The fourth-order valence-electron chi connectivity index (χ4n) is 6.18. The van der Waals surface area contributed by atoms with Gasteiger partial charge in [-0.25, -0.2) is 14.6 Å². The standard InChI is InChI=1S/C31H32N4O2S/c1-21-9-8-18-35(21,29(36)20-38-30-32-27-12-6-7-13-28(27)34(30)2)31(37)33-26-17-16-23-14-15-24(19-25(23)26)22-10-4-3-5-11-22/h3-7,10-15,19,21,26H,8-9,16-18,20H2,1-2H3/p+1/t21-,26?,35?/m1/s1. The Labute approximate surface area is 227 Å². The number of quaternary nitrogens is 1. The molecule has 1 N–H and O–H groups in total. The van der Waals surface area contributed by atoms with Crippen LogP contribution in [0, 0.1) is 0 Å². The lowest BCUT2D eigenvalue weighted by molar-refractivity contribution is -0.784. The Hall–Kier alpha value is -3.42. The second kappa shape index (κ2) is 10.0. The number of fused-ring (bicyclic) bond motifs is 2. The van der Waals surface area contributed by atoms with Crippen molar-refractivity contribution in [1.29, 1.82) is 0 Å². The lowest BCUT2D eigenvalue weighted by Gasteiger charge is -2.34. The quantitative estimate of drug-likeness (QED) is 0.247. The number of thioether (sulfide) groups is 1. The summed E-state index contributed by atoms with van der Waals surface area (Å²) >= 11 is 1.42. The monoisotopic (exact) mass is 525 g/mol. The molecule has 2 aliphatic rings. The Kier molecular flexibility index (Phi) is 6.58. The molecule has 1 fully saturated rings. The molecular formula is C31H33N4O2S+. The van der Waals surface area contributed by atoms with Gasteiger partial charge in [0.05, 0.1) is 23.6 Å². The molecule has 0 bridgehead atoms. The number of carbonyl (C=O) groups excluding carboxylic acids is 2. The van der Waals surface area contributed by atoms with Gasteiger partial charge in [-0.15, -0.1) is 0 Å². The average molecular weight is 526 g/mol. The summed E-state index contributed by atoms with van der Waals surface area (Å²) in [5, 5.41) is 4.12. The van der Waals surface area contributed by atoms with Crippen molar-refractivity contribution in [2.45, 2.75) is 49.8 Å². The van der Waals surface area contributed by atoms with E-state index in [4.69, 9.17) is 4.98 Å².